The maximum absolute atomic E-state index is 12.0. The third kappa shape index (κ3) is 4.70. The number of carbonyl (C=O) groups is 3. The molecule has 0 aliphatic rings. The number of esters is 2. The smallest absolute Gasteiger partial charge is 0.319 e. The lowest BCUT2D eigenvalue weighted by Gasteiger charge is -2.27. The SMILES string of the molecule is CCOC(=O)C(CCC#N)(CCC(=O)OC)C(C)=O. The summed E-state index contributed by atoms with van der Waals surface area (Å²) in [6.07, 6.45) is 0.0179. The molecule has 0 heterocycles. The summed E-state index contributed by atoms with van der Waals surface area (Å²) >= 11 is 0. The van der Waals surface area contributed by atoms with Crippen molar-refractivity contribution in [2.24, 2.45) is 5.41 Å². The average Bonchev–Trinajstić information content (AvgIpc) is 2.38. The van der Waals surface area contributed by atoms with Crippen molar-refractivity contribution in [1.29, 1.82) is 5.26 Å². The number of methoxy groups -OCH3 is 1. The van der Waals surface area contributed by atoms with Gasteiger partial charge in [0, 0.05) is 12.8 Å². The number of hydrogen-bond acceptors (Lipinski definition) is 6. The van der Waals surface area contributed by atoms with Gasteiger partial charge >= 0.3 is 11.9 Å². The van der Waals surface area contributed by atoms with Gasteiger partial charge in [0.1, 0.15) is 11.2 Å². The van der Waals surface area contributed by atoms with E-state index in [-0.39, 0.29) is 32.3 Å². The highest BCUT2D eigenvalue weighted by molar-refractivity contribution is 6.03. The molecular weight excluding hydrogens is 250 g/mol. The van der Waals surface area contributed by atoms with E-state index >= 15 is 0 Å². The molecule has 0 radical (unpaired) electrons. The van der Waals surface area contributed by atoms with Crippen LogP contribution in [0.1, 0.15) is 39.5 Å². The van der Waals surface area contributed by atoms with Crippen LogP contribution in [0.4, 0.5) is 0 Å². The maximum atomic E-state index is 12.0. The molecule has 0 amide bonds. The number of hydrogen-bond donors (Lipinski definition) is 0. The molecule has 0 N–H and O–H groups in total. The van der Waals surface area contributed by atoms with Crippen molar-refractivity contribution in [2.45, 2.75) is 39.5 Å². The number of ketones is 1. The van der Waals surface area contributed by atoms with Crippen LogP contribution in [0.15, 0.2) is 0 Å². The van der Waals surface area contributed by atoms with Gasteiger partial charge < -0.3 is 9.47 Å². The Kier molecular flexibility index (Phi) is 7.42. The molecule has 19 heavy (non-hydrogen) atoms. The molecule has 0 bridgehead atoms. The van der Waals surface area contributed by atoms with Crippen molar-refractivity contribution in [3.8, 4) is 6.07 Å². The Labute approximate surface area is 112 Å². The molecule has 106 valence electrons. The number of carbonyl (C=O) groups excluding carboxylic acids is 3. The van der Waals surface area contributed by atoms with Gasteiger partial charge in [0.25, 0.3) is 0 Å². The molecule has 0 saturated heterocycles. The lowest BCUT2D eigenvalue weighted by Crippen LogP contribution is -2.40. The Morgan fingerprint density at radius 1 is 1.26 bits per heavy atom. The van der Waals surface area contributed by atoms with Crippen molar-refractivity contribution >= 4 is 17.7 Å². The standard InChI is InChI=1S/C13H19NO5/c1-4-19-12(17)13(10(2)15,7-5-9-14)8-6-11(16)18-3/h4-8H2,1-3H3. The summed E-state index contributed by atoms with van der Waals surface area (Å²) in [6.45, 7) is 3.04. The molecule has 0 rings (SSSR count). The van der Waals surface area contributed by atoms with Gasteiger partial charge in [0.2, 0.25) is 0 Å². The van der Waals surface area contributed by atoms with E-state index in [0.29, 0.717) is 0 Å². The normalized spacial score (nSPS) is 12.9. The van der Waals surface area contributed by atoms with E-state index in [2.05, 4.69) is 4.74 Å². The summed E-state index contributed by atoms with van der Waals surface area (Å²) in [6, 6.07) is 1.90. The second-order valence-corrected chi connectivity index (χ2v) is 4.09. The van der Waals surface area contributed by atoms with Gasteiger partial charge in [0.05, 0.1) is 19.8 Å². The molecule has 6 heteroatoms. The maximum Gasteiger partial charge on any atom is 0.319 e. The fourth-order valence-electron chi connectivity index (χ4n) is 1.78. The van der Waals surface area contributed by atoms with Crippen LogP contribution in [0.25, 0.3) is 0 Å². The van der Waals surface area contributed by atoms with Gasteiger partial charge in [-0.15, -0.1) is 0 Å². The molecule has 1 unspecified atom stereocenters. The summed E-state index contributed by atoms with van der Waals surface area (Å²) in [7, 11) is 1.23. The minimum absolute atomic E-state index is 0.00444. The molecule has 0 aliphatic heterocycles. The zero-order valence-electron chi connectivity index (χ0n) is 11.5. The van der Waals surface area contributed by atoms with Crippen LogP contribution in [0.3, 0.4) is 0 Å². The van der Waals surface area contributed by atoms with Crippen molar-refractivity contribution in [2.75, 3.05) is 13.7 Å². The Morgan fingerprint density at radius 3 is 2.32 bits per heavy atom. The van der Waals surface area contributed by atoms with Crippen molar-refractivity contribution in [3.05, 3.63) is 0 Å². The number of Topliss-reactive ketones (excluding diaryl/α,β-unsaturated/α-hetero) is 1. The first-order valence-electron chi connectivity index (χ1n) is 6.06. The largest absolute Gasteiger partial charge is 0.469 e. The van der Waals surface area contributed by atoms with Crippen LogP contribution in [-0.4, -0.2) is 31.4 Å². The second kappa shape index (κ2) is 8.25. The number of nitrogens with zero attached hydrogens (tertiary/aromatic N) is 1. The zero-order chi connectivity index (χ0) is 14.9. The van der Waals surface area contributed by atoms with Gasteiger partial charge in [-0.2, -0.15) is 5.26 Å². The van der Waals surface area contributed by atoms with Crippen LogP contribution in [0.2, 0.25) is 0 Å². The highest BCUT2D eigenvalue weighted by Crippen LogP contribution is 2.33. The van der Waals surface area contributed by atoms with Crippen LogP contribution < -0.4 is 0 Å². The van der Waals surface area contributed by atoms with Gasteiger partial charge in [-0.1, -0.05) is 0 Å². The lowest BCUT2D eigenvalue weighted by atomic mass is 9.76. The van der Waals surface area contributed by atoms with E-state index in [0.717, 1.165) is 0 Å². The predicted octanol–water partition coefficient (Wildman–Crippen LogP) is 1.38. The first-order chi connectivity index (χ1) is 8.94. The third-order valence-electron chi connectivity index (χ3n) is 2.99. The van der Waals surface area contributed by atoms with Crippen molar-refractivity contribution in [1.82, 2.24) is 0 Å². The molecule has 6 nitrogen and oxygen atoms in total. The Morgan fingerprint density at radius 2 is 1.89 bits per heavy atom. The van der Waals surface area contributed by atoms with Gasteiger partial charge in [-0.25, -0.2) is 0 Å². The van der Waals surface area contributed by atoms with E-state index in [1.165, 1.54) is 14.0 Å². The summed E-state index contributed by atoms with van der Waals surface area (Å²) in [5, 5.41) is 8.64. The topological polar surface area (TPSA) is 93.5 Å². The lowest BCUT2D eigenvalue weighted by molar-refractivity contribution is -0.161. The molecule has 0 spiro atoms. The van der Waals surface area contributed by atoms with Gasteiger partial charge in [-0.05, 0) is 26.7 Å². The molecule has 1 atom stereocenters. The van der Waals surface area contributed by atoms with E-state index in [1.54, 1.807) is 6.92 Å². The average molecular weight is 269 g/mol. The zero-order valence-corrected chi connectivity index (χ0v) is 11.5. The van der Waals surface area contributed by atoms with Crippen LogP contribution >= 0.6 is 0 Å². The van der Waals surface area contributed by atoms with E-state index in [4.69, 9.17) is 10.00 Å². The van der Waals surface area contributed by atoms with Crippen LogP contribution in [0, 0.1) is 16.7 Å². The summed E-state index contributed by atoms with van der Waals surface area (Å²) in [5.74, 6) is -1.58. The highest BCUT2D eigenvalue weighted by atomic mass is 16.5. The van der Waals surface area contributed by atoms with Crippen molar-refractivity contribution < 1.29 is 23.9 Å². The summed E-state index contributed by atoms with van der Waals surface area (Å²) < 4.78 is 9.41. The molecule has 0 aromatic heterocycles. The quantitative estimate of drug-likeness (QED) is 0.488. The fraction of sp³-hybridized carbons (Fsp3) is 0.692. The summed E-state index contributed by atoms with van der Waals surface area (Å²) in [4.78, 5) is 35.0. The van der Waals surface area contributed by atoms with E-state index in [9.17, 15) is 14.4 Å². The Bertz CT molecular complexity index is 385. The Balaban J connectivity index is 5.14. The van der Waals surface area contributed by atoms with Crippen LogP contribution in [0.5, 0.6) is 0 Å². The molecule has 0 fully saturated rings. The highest BCUT2D eigenvalue weighted by Gasteiger charge is 2.44. The second-order valence-electron chi connectivity index (χ2n) is 4.09. The molecule has 0 aromatic carbocycles. The predicted molar refractivity (Wildman–Crippen MR) is 65.8 cm³/mol. The van der Waals surface area contributed by atoms with E-state index < -0.39 is 23.1 Å². The third-order valence-corrected chi connectivity index (χ3v) is 2.99. The fourth-order valence-corrected chi connectivity index (χ4v) is 1.78. The Hall–Kier alpha value is -1.90. The first kappa shape index (κ1) is 17.1. The number of ether oxygens (including phenoxy) is 2. The van der Waals surface area contributed by atoms with Crippen LogP contribution in [-0.2, 0) is 23.9 Å². The number of nitriles is 1. The monoisotopic (exact) mass is 269 g/mol. The van der Waals surface area contributed by atoms with E-state index in [1.807, 2.05) is 6.07 Å². The van der Waals surface area contributed by atoms with Gasteiger partial charge in [0.15, 0.2) is 0 Å². The minimum atomic E-state index is -1.43. The summed E-state index contributed by atoms with van der Waals surface area (Å²) in [5.41, 5.74) is -1.43. The van der Waals surface area contributed by atoms with Gasteiger partial charge in [-0.3, -0.25) is 14.4 Å². The molecule has 0 aromatic rings. The van der Waals surface area contributed by atoms with Crippen molar-refractivity contribution in [3.63, 3.8) is 0 Å². The first-order valence-corrected chi connectivity index (χ1v) is 6.06. The number of rotatable bonds is 8. The molecule has 0 saturated carbocycles. The molecular formula is C13H19NO5. The molecule has 0 aliphatic carbocycles. The minimum Gasteiger partial charge on any atom is -0.469 e.